The Labute approximate surface area is 96.8 Å². The van der Waals surface area contributed by atoms with Crippen LogP contribution in [0.4, 0.5) is 0 Å². The highest BCUT2D eigenvalue weighted by molar-refractivity contribution is 14.1. The summed E-state index contributed by atoms with van der Waals surface area (Å²) in [5.74, 6) is 1.15. The number of aromatic nitrogens is 2. The second-order valence-corrected chi connectivity index (χ2v) is 4.25. The van der Waals surface area contributed by atoms with Gasteiger partial charge in [0.2, 0.25) is 0 Å². The van der Waals surface area contributed by atoms with Crippen molar-refractivity contribution in [2.45, 2.75) is 5.33 Å². The van der Waals surface area contributed by atoms with Gasteiger partial charge in [0.1, 0.15) is 17.1 Å². The Kier molecular flexibility index (Phi) is 2.46. The lowest BCUT2D eigenvalue weighted by atomic mass is 10.3. The predicted molar refractivity (Wildman–Crippen MR) is 63.1 cm³/mol. The van der Waals surface area contributed by atoms with Crippen molar-refractivity contribution < 1.29 is 5.11 Å². The number of rotatable bonds is 1. The van der Waals surface area contributed by atoms with E-state index in [-0.39, 0.29) is 5.75 Å². The number of nitrogens with one attached hydrogen (secondary N) is 1. The van der Waals surface area contributed by atoms with Gasteiger partial charge in [0.05, 0.1) is 14.4 Å². The van der Waals surface area contributed by atoms with E-state index in [0.29, 0.717) is 5.33 Å². The number of nitrogens with zero attached hydrogens (tertiary/aromatic N) is 1. The van der Waals surface area contributed by atoms with Crippen LogP contribution in [0, 0.1) is 3.57 Å². The number of aromatic hydroxyl groups is 1. The number of benzene rings is 1. The lowest BCUT2D eigenvalue weighted by Gasteiger charge is -1.95. The summed E-state index contributed by atoms with van der Waals surface area (Å²) in [5.41, 5.74) is 1.78. The Morgan fingerprint density at radius 1 is 1.54 bits per heavy atom. The van der Waals surface area contributed by atoms with E-state index in [9.17, 15) is 5.11 Å². The summed E-state index contributed by atoms with van der Waals surface area (Å²) in [6.07, 6.45) is 0. The number of fused-ring (bicyclic) bond motifs is 1. The van der Waals surface area contributed by atoms with Crippen molar-refractivity contribution in [1.82, 2.24) is 9.97 Å². The van der Waals surface area contributed by atoms with E-state index >= 15 is 0 Å². The molecule has 1 aromatic heterocycles. The highest BCUT2D eigenvalue weighted by atomic mass is 127. The van der Waals surface area contributed by atoms with Gasteiger partial charge in [0.25, 0.3) is 0 Å². The normalized spacial score (nSPS) is 10.9. The van der Waals surface area contributed by atoms with Crippen molar-refractivity contribution in [1.29, 1.82) is 0 Å². The molecular formula is C8H6BrIN2O. The van der Waals surface area contributed by atoms with Crippen molar-refractivity contribution in [2.24, 2.45) is 0 Å². The molecule has 0 radical (unpaired) electrons. The molecule has 1 heterocycles. The first-order valence-electron chi connectivity index (χ1n) is 3.64. The summed E-state index contributed by atoms with van der Waals surface area (Å²) < 4.78 is 0.790. The topological polar surface area (TPSA) is 48.9 Å². The number of hydrogen-bond donors (Lipinski definition) is 2. The van der Waals surface area contributed by atoms with Crippen LogP contribution in [0.1, 0.15) is 5.82 Å². The molecule has 3 nitrogen and oxygen atoms in total. The zero-order chi connectivity index (χ0) is 9.42. The Bertz CT molecular complexity index is 455. The van der Waals surface area contributed by atoms with E-state index in [0.717, 1.165) is 20.4 Å². The quantitative estimate of drug-likeness (QED) is 0.612. The molecule has 0 aliphatic heterocycles. The molecule has 0 saturated carbocycles. The van der Waals surface area contributed by atoms with Crippen LogP contribution >= 0.6 is 38.5 Å². The zero-order valence-electron chi connectivity index (χ0n) is 6.51. The fourth-order valence-corrected chi connectivity index (χ4v) is 2.00. The standard InChI is InChI=1S/C8H6BrIN2O/c9-3-6-11-4-1-2-5(13)7(10)8(4)12-6/h1-2,13H,3H2,(H,11,12). The van der Waals surface area contributed by atoms with Crippen LogP contribution in [0.2, 0.25) is 0 Å². The van der Waals surface area contributed by atoms with E-state index in [4.69, 9.17) is 0 Å². The molecule has 0 spiro atoms. The second kappa shape index (κ2) is 3.45. The maximum absolute atomic E-state index is 9.43. The first-order valence-corrected chi connectivity index (χ1v) is 5.84. The molecule has 0 amide bonds. The predicted octanol–water partition coefficient (Wildman–Crippen LogP) is 2.77. The fraction of sp³-hybridized carbons (Fsp3) is 0.125. The molecule has 0 aliphatic carbocycles. The molecule has 0 aliphatic rings. The zero-order valence-corrected chi connectivity index (χ0v) is 10.3. The van der Waals surface area contributed by atoms with Crippen molar-refractivity contribution >= 4 is 49.6 Å². The molecule has 0 atom stereocenters. The summed E-state index contributed by atoms with van der Waals surface area (Å²) >= 11 is 5.40. The van der Waals surface area contributed by atoms with Crippen LogP contribution in [0.5, 0.6) is 5.75 Å². The number of halogens is 2. The van der Waals surface area contributed by atoms with Gasteiger partial charge in [-0.3, -0.25) is 0 Å². The Balaban J connectivity index is 2.76. The molecule has 13 heavy (non-hydrogen) atoms. The van der Waals surface area contributed by atoms with E-state index < -0.39 is 0 Å². The molecule has 0 saturated heterocycles. The SMILES string of the molecule is Oc1ccc2[nH]c(CBr)nc2c1I. The monoisotopic (exact) mass is 352 g/mol. The van der Waals surface area contributed by atoms with Crippen LogP contribution in [0.25, 0.3) is 11.0 Å². The molecule has 1 aromatic carbocycles. The third kappa shape index (κ3) is 1.54. The minimum atomic E-state index is 0.278. The highest BCUT2D eigenvalue weighted by Crippen LogP contribution is 2.27. The van der Waals surface area contributed by atoms with E-state index in [1.54, 1.807) is 6.07 Å². The number of H-pyrrole nitrogens is 1. The molecule has 2 N–H and O–H groups in total. The summed E-state index contributed by atoms with van der Waals surface area (Å²) in [7, 11) is 0. The smallest absolute Gasteiger partial charge is 0.131 e. The van der Waals surface area contributed by atoms with Crippen LogP contribution in [-0.2, 0) is 5.33 Å². The molecule has 0 bridgehead atoms. The number of hydrogen-bond acceptors (Lipinski definition) is 2. The number of phenols is 1. The number of aromatic amines is 1. The van der Waals surface area contributed by atoms with E-state index in [1.165, 1.54) is 0 Å². The van der Waals surface area contributed by atoms with Gasteiger partial charge in [-0.1, -0.05) is 15.9 Å². The average Bonchev–Trinajstić information content (AvgIpc) is 2.55. The lowest BCUT2D eigenvalue weighted by Crippen LogP contribution is -1.78. The van der Waals surface area contributed by atoms with Crippen LogP contribution in [0.3, 0.4) is 0 Å². The first-order chi connectivity index (χ1) is 6.22. The summed E-state index contributed by atoms with van der Waals surface area (Å²) in [6.45, 7) is 0. The lowest BCUT2D eigenvalue weighted by molar-refractivity contribution is 0.472. The maximum atomic E-state index is 9.43. The fourth-order valence-electron chi connectivity index (χ4n) is 1.15. The van der Waals surface area contributed by atoms with Crippen molar-refractivity contribution in [3.8, 4) is 5.75 Å². The molecule has 0 unspecified atom stereocenters. The Morgan fingerprint density at radius 3 is 3.00 bits per heavy atom. The van der Waals surface area contributed by atoms with Gasteiger partial charge < -0.3 is 10.1 Å². The van der Waals surface area contributed by atoms with Gasteiger partial charge in [0.15, 0.2) is 0 Å². The van der Waals surface area contributed by atoms with Crippen LogP contribution in [-0.4, -0.2) is 15.1 Å². The van der Waals surface area contributed by atoms with Crippen LogP contribution in [0.15, 0.2) is 12.1 Å². The number of imidazole rings is 1. The number of phenolic OH excluding ortho intramolecular Hbond substituents is 1. The third-order valence-electron chi connectivity index (χ3n) is 1.75. The van der Waals surface area contributed by atoms with E-state index in [2.05, 4.69) is 48.5 Å². The minimum Gasteiger partial charge on any atom is -0.507 e. The second-order valence-electron chi connectivity index (χ2n) is 2.61. The van der Waals surface area contributed by atoms with Gasteiger partial charge in [0, 0.05) is 0 Å². The summed E-state index contributed by atoms with van der Waals surface area (Å²) in [4.78, 5) is 7.46. The molecule has 68 valence electrons. The van der Waals surface area contributed by atoms with Crippen molar-refractivity contribution in [2.75, 3.05) is 0 Å². The molecule has 2 aromatic rings. The molecule has 0 fully saturated rings. The van der Waals surface area contributed by atoms with Crippen LogP contribution < -0.4 is 0 Å². The Morgan fingerprint density at radius 2 is 2.31 bits per heavy atom. The molecule has 2 rings (SSSR count). The van der Waals surface area contributed by atoms with Crippen molar-refractivity contribution in [3.05, 3.63) is 21.5 Å². The third-order valence-corrected chi connectivity index (χ3v) is 3.34. The van der Waals surface area contributed by atoms with Gasteiger partial charge in [-0.05, 0) is 34.7 Å². The van der Waals surface area contributed by atoms with E-state index in [1.807, 2.05) is 6.07 Å². The number of alkyl halides is 1. The van der Waals surface area contributed by atoms with Gasteiger partial charge in [-0.15, -0.1) is 0 Å². The molecule has 5 heteroatoms. The van der Waals surface area contributed by atoms with Gasteiger partial charge >= 0.3 is 0 Å². The first kappa shape index (κ1) is 9.26. The van der Waals surface area contributed by atoms with Gasteiger partial charge in [-0.2, -0.15) is 0 Å². The minimum absolute atomic E-state index is 0.278. The summed E-state index contributed by atoms with van der Waals surface area (Å²) in [5, 5.41) is 10.1. The Hall–Kier alpha value is -0.300. The maximum Gasteiger partial charge on any atom is 0.131 e. The largest absolute Gasteiger partial charge is 0.507 e. The summed E-state index contributed by atoms with van der Waals surface area (Å²) in [6, 6.07) is 3.49. The highest BCUT2D eigenvalue weighted by Gasteiger charge is 2.08. The van der Waals surface area contributed by atoms with Crippen molar-refractivity contribution in [3.63, 3.8) is 0 Å². The average molecular weight is 353 g/mol. The molecular weight excluding hydrogens is 347 g/mol. The van der Waals surface area contributed by atoms with Gasteiger partial charge in [-0.25, -0.2) is 4.98 Å².